The lowest BCUT2D eigenvalue weighted by Crippen LogP contribution is -2.11. The number of aromatic nitrogens is 2. The van der Waals surface area contributed by atoms with E-state index in [-0.39, 0.29) is 5.91 Å². The summed E-state index contributed by atoms with van der Waals surface area (Å²) in [6.07, 6.45) is 6.15. The Hall–Kier alpha value is -1.32. The predicted molar refractivity (Wildman–Crippen MR) is 54.7 cm³/mol. The average Bonchev–Trinajstić information content (AvgIpc) is 2.59. The van der Waals surface area contributed by atoms with Crippen LogP contribution in [0.15, 0.2) is 6.20 Å². The second-order valence-corrected chi connectivity index (χ2v) is 3.41. The molecule has 0 radical (unpaired) electrons. The molecule has 1 aromatic rings. The SMILES string of the molecule is CCCCc1nc(CCC(N)=O)c[nH]1. The van der Waals surface area contributed by atoms with Gasteiger partial charge in [-0.15, -0.1) is 0 Å². The van der Waals surface area contributed by atoms with E-state index in [1.54, 1.807) is 0 Å². The molecule has 0 aliphatic heterocycles. The van der Waals surface area contributed by atoms with Gasteiger partial charge in [0, 0.05) is 19.0 Å². The molecular weight excluding hydrogens is 178 g/mol. The van der Waals surface area contributed by atoms with Crippen molar-refractivity contribution < 1.29 is 4.79 Å². The summed E-state index contributed by atoms with van der Waals surface area (Å²) < 4.78 is 0. The monoisotopic (exact) mass is 195 g/mol. The molecule has 3 N–H and O–H groups in total. The lowest BCUT2D eigenvalue weighted by Gasteiger charge is -1.93. The summed E-state index contributed by atoms with van der Waals surface area (Å²) in [5.74, 6) is 0.731. The number of primary amides is 1. The maximum absolute atomic E-state index is 10.5. The molecule has 0 aromatic carbocycles. The third-order valence-corrected chi connectivity index (χ3v) is 2.08. The number of unbranched alkanes of at least 4 members (excludes halogenated alkanes) is 1. The molecule has 1 amide bonds. The van der Waals surface area contributed by atoms with Crippen LogP contribution in [0.4, 0.5) is 0 Å². The minimum absolute atomic E-state index is 0.275. The van der Waals surface area contributed by atoms with Crippen LogP contribution in [0, 0.1) is 0 Å². The third-order valence-electron chi connectivity index (χ3n) is 2.08. The normalized spacial score (nSPS) is 10.4. The third kappa shape index (κ3) is 3.60. The maximum atomic E-state index is 10.5. The first-order valence-corrected chi connectivity index (χ1v) is 5.04. The van der Waals surface area contributed by atoms with Crippen molar-refractivity contribution >= 4 is 5.91 Å². The van der Waals surface area contributed by atoms with Crippen LogP contribution in [0.2, 0.25) is 0 Å². The summed E-state index contributed by atoms with van der Waals surface area (Å²) >= 11 is 0. The number of hydrogen-bond acceptors (Lipinski definition) is 2. The zero-order chi connectivity index (χ0) is 10.4. The quantitative estimate of drug-likeness (QED) is 0.715. The number of aryl methyl sites for hydroxylation is 2. The molecule has 4 nitrogen and oxygen atoms in total. The first kappa shape index (κ1) is 10.8. The number of nitrogens with zero attached hydrogens (tertiary/aromatic N) is 1. The number of carbonyl (C=O) groups excluding carboxylic acids is 1. The molecule has 0 spiro atoms. The van der Waals surface area contributed by atoms with Gasteiger partial charge in [-0.05, 0) is 12.8 Å². The van der Waals surface area contributed by atoms with Crippen molar-refractivity contribution in [1.29, 1.82) is 0 Å². The first-order valence-electron chi connectivity index (χ1n) is 5.04. The predicted octanol–water partition coefficient (Wildman–Crippen LogP) is 1.17. The zero-order valence-electron chi connectivity index (χ0n) is 8.55. The van der Waals surface area contributed by atoms with Crippen LogP contribution in [0.3, 0.4) is 0 Å². The van der Waals surface area contributed by atoms with Crippen LogP contribution >= 0.6 is 0 Å². The Balaban J connectivity index is 2.38. The summed E-state index contributed by atoms with van der Waals surface area (Å²) in [4.78, 5) is 18.0. The smallest absolute Gasteiger partial charge is 0.217 e. The number of nitrogens with two attached hydrogens (primary N) is 1. The zero-order valence-corrected chi connectivity index (χ0v) is 8.55. The molecule has 0 aliphatic carbocycles. The highest BCUT2D eigenvalue weighted by Gasteiger charge is 2.02. The van der Waals surface area contributed by atoms with Gasteiger partial charge in [0.1, 0.15) is 5.82 Å². The Morgan fingerprint density at radius 2 is 2.36 bits per heavy atom. The van der Waals surface area contributed by atoms with E-state index in [0.29, 0.717) is 12.8 Å². The standard InChI is InChI=1S/C10H17N3O/c1-2-3-4-10-12-7-8(13-10)5-6-9(11)14/h7H,2-6H2,1H3,(H2,11,14)(H,12,13). The lowest BCUT2D eigenvalue weighted by atomic mass is 10.2. The summed E-state index contributed by atoms with van der Waals surface area (Å²) in [5, 5.41) is 0. The molecule has 1 aromatic heterocycles. The fraction of sp³-hybridized carbons (Fsp3) is 0.600. The van der Waals surface area contributed by atoms with Crippen molar-refractivity contribution in [1.82, 2.24) is 9.97 Å². The van der Waals surface area contributed by atoms with E-state index in [1.165, 1.54) is 0 Å². The molecule has 0 fully saturated rings. The number of aromatic amines is 1. The molecule has 0 unspecified atom stereocenters. The number of rotatable bonds is 6. The highest BCUT2D eigenvalue weighted by atomic mass is 16.1. The van der Waals surface area contributed by atoms with E-state index in [4.69, 9.17) is 5.73 Å². The van der Waals surface area contributed by atoms with Crippen LogP contribution < -0.4 is 5.73 Å². The summed E-state index contributed by atoms with van der Waals surface area (Å²) in [6, 6.07) is 0. The molecular formula is C10H17N3O. The van der Waals surface area contributed by atoms with Crippen LogP contribution in [0.1, 0.15) is 37.7 Å². The van der Waals surface area contributed by atoms with Crippen molar-refractivity contribution in [3.63, 3.8) is 0 Å². The fourth-order valence-corrected chi connectivity index (χ4v) is 1.26. The Bertz CT molecular complexity index is 293. The molecule has 0 aliphatic rings. The average molecular weight is 195 g/mol. The van der Waals surface area contributed by atoms with Gasteiger partial charge in [-0.25, -0.2) is 4.98 Å². The van der Waals surface area contributed by atoms with E-state index >= 15 is 0 Å². The highest BCUT2D eigenvalue weighted by Crippen LogP contribution is 2.03. The maximum Gasteiger partial charge on any atom is 0.217 e. The fourth-order valence-electron chi connectivity index (χ4n) is 1.26. The summed E-state index contributed by atoms with van der Waals surface area (Å²) in [5.41, 5.74) is 5.98. The van der Waals surface area contributed by atoms with Gasteiger partial charge in [-0.3, -0.25) is 4.79 Å². The van der Waals surface area contributed by atoms with Crippen molar-refractivity contribution in [2.45, 2.75) is 39.0 Å². The largest absolute Gasteiger partial charge is 0.370 e. The second kappa shape index (κ2) is 5.42. The minimum Gasteiger partial charge on any atom is -0.370 e. The van der Waals surface area contributed by atoms with Crippen LogP contribution in [0.5, 0.6) is 0 Å². The number of carbonyl (C=O) groups is 1. The van der Waals surface area contributed by atoms with Crippen LogP contribution in [0.25, 0.3) is 0 Å². The molecule has 0 saturated heterocycles. The summed E-state index contributed by atoms with van der Waals surface area (Å²) in [6.45, 7) is 2.15. The van der Waals surface area contributed by atoms with Gasteiger partial charge < -0.3 is 10.7 Å². The number of imidazole rings is 1. The van der Waals surface area contributed by atoms with Crippen molar-refractivity contribution in [2.24, 2.45) is 5.73 Å². The van der Waals surface area contributed by atoms with Crippen molar-refractivity contribution in [3.8, 4) is 0 Å². The Morgan fingerprint density at radius 3 is 3.00 bits per heavy atom. The number of H-pyrrole nitrogens is 1. The van der Waals surface area contributed by atoms with Crippen LogP contribution in [-0.4, -0.2) is 15.9 Å². The van der Waals surface area contributed by atoms with Gasteiger partial charge in [0.25, 0.3) is 0 Å². The van der Waals surface area contributed by atoms with Gasteiger partial charge in [0.05, 0.1) is 5.69 Å². The lowest BCUT2D eigenvalue weighted by molar-refractivity contribution is -0.118. The first-order chi connectivity index (χ1) is 6.72. The minimum atomic E-state index is -0.275. The Labute approximate surface area is 83.9 Å². The van der Waals surface area contributed by atoms with Gasteiger partial charge in [0.15, 0.2) is 0 Å². The van der Waals surface area contributed by atoms with Crippen LogP contribution in [-0.2, 0) is 17.6 Å². The van der Waals surface area contributed by atoms with Gasteiger partial charge in [0.2, 0.25) is 5.91 Å². The van der Waals surface area contributed by atoms with Gasteiger partial charge >= 0.3 is 0 Å². The van der Waals surface area contributed by atoms with Gasteiger partial charge in [-0.1, -0.05) is 13.3 Å². The van der Waals surface area contributed by atoms with Crippen molar-refractivity contribution in [2.75, 3.05) is 0 Å². The van der Waals surface area contributed by atoms with Gasteiger partial charge in [-0.2, -0.15) is 0 Å². The molecule has 1 heterocycles. The molecule has 14 heavy (non-hydrogen) atoms. The Morgan fingerprint density at radius 1 is 1.57 bits per heavy atom. The summed E-state index contributed by atoms with van der Waals surface area (Å²) in [7, 11) is 0. The molecule has 0 saturated carbocycles. The highest BCUT2D eigenvalue weighted by molar-refractivity contribution is 5.73. The molecule has 0 bridgehead atoms. The second-order valence-electron chi connectivity index (χ2n) is 3.41. The van der Waals surface area contributed by atoms with E-state index in [0.717, 1.165) is 30.8 Å². The van der Waals surface area contributed by atoms with E-state index in [9.17, 15) is 4.79 Å². The molecule has 78 valence electrons. The number of amides is 1. The number of hydrogen-bond donors (Lipinski definition) is 2. The molecule has 4 heteroatoms. The van der Waals surface area contributed by atoms with E-state index in [2.05, 4.69) is 16.9 Å². The number of nitrogens with one attached hydrogen (secondary N) is 1. The Kier molecular flexibility index (Phi) is 4.16. The molecule has 1 rings (SSSR count). The van der Waals surface area contributed by atoms with E-state index < -0.39 is 0 Å². The molecule has 0 atom stereocenters. The van der Waals surface area contributed by atoms with E-state index in [1.807, 2.05) is 6.20 Å². The van der Waals surface area contributed by atoms with Crippen molar-refractivity contribution in [3.05, 3.63) is 17.7 Å². The topological polar surface area (TPSA) is 71.8 Å².